The van der Waals surface area contributed by atoms with E-state index in [4.69, 9.17) is 0 Å². The second-order valence-electron chi connectivity index (χ2n) is 4.29. The van der Waals surface area contributed by atoms with E-state index in [1.54, 1.807) is 0 Å². The van der Waals surface area contributed by atoms with Gasteiger partial charge in [-0.15, -0.1) is 0 Å². The quantitative estimate of drug-likeness (QED) is 0.423. The van der Waals surface area contributed by atoms with Crippen LogP contribution in [0.25, 0.3) is 5.76 Å². The maximum Gasteiger partial charge on any atom is 0.226 e. The number of rotatable bonds is 5. The number of nitrogens with zero attached hydrogens (tertiary/aromatic N) is 2. The number of nitrogens with one attached hydrogen (secondary N) is 1. The van der Waals surface area contributed by atoms with Gasteiger partial charge in [-0.25, -0.2) is 4.98 Å². The van der Waals surface area contributed by atoms with Gasteiger partial charge in [0.25, 0.3) is 0 Å². The minimum Gasteiger partial charge on any atom is -0.507 e. The van der Waals surface area contributed by atoms with Gasteiger partial charge in [-0.1, -0.05) is 30.0 Å². The highest BCUT2D eigenvalue weighted by molar-refractivity contribution is 7.99. The predicted molar refractivity (Wildman–Crippen MR) is 86.2 cm³/mol. The summed E-state index contributed by atoms with van der Waals surface area (Å²) in [5.41, 5.74) is 0.631. The number of aromatic nitrogens is 3. The summed E-state index contributed by atoms with van der Waals surface area (Å²) in [7, 11) is 0. The van der Waals surface area contributed by atoms with E-state index in [1.807, 2.05) is 41.1 Å². The van der Waals surface area contributed by atoms with Crippen molar-refractivity contribution in [3.05, 3.63) is 64.9 Å². The van der Waals surface area contributed by atoms with Crippen LogP contribution in [0.2, 0.25) is 0 Å². The van der Waals surface area contributed by atoms with Crippen LogP contribution in [0.1, 0.15) is 16.2 Å². The van der Waals surface area contributed by atoms with Crippen molar-refractivity contribution in [2.24, 2.45) is 0 Å². The van der Waals surface area contributed by atoms with Gasteiger partial charge in [-0.2, -0.15) is 16.4 Å². The molecule has 110 valence electrons. The van der Waals surface area contributed by atoms with Gasteiger partial charge < -0.3 is 5.11 Å². The van der Waals surface area contributed by atoms with Gasteiger partial charge in [0.2, 0.25) is 5.78 Å². The monoisotopic (exact) mass is 329 g/mol. The van der Waals surface area contributed by atoms with Crippen molar-refractivity contribution in [2.45, 2.75) is 9.79 Å². The van der Waals surface area contributed by atoms with Gasteiger partial charge in [-0.05, 0) is 12.1 Å². The molecule has 3 aromatic rings. The van der Waals surface area contributed by atoms with Gasteiger partial charge in [0.1, 0.15) is 12.1 Å². The van der Waals surface area contributed by atoms with Crippen LogP contribution in [0.3, 0.4) is 0 Å². The Morgan fingerprint density at radius 2 is 2.09 bits per heavy atom. The molecule has 2 heterocycles. The van der Waals surface area contributed by atoms with Crippen molar-refractivity contribution in [1.82, 2.24) is 15.2 Å². The number of carbonyl (C=O) groups is 1. The summed E-state index contributed by atoms with van der Waals surface area (Å²) in [5.74, 6) is -0.406. The first kappa shape index (κ1) is 14.6. The zero-order chi connectivity index (χ0) is 15.4. The predicted octanol–water partition coefficient (Wildman–Crippen LogP) is 3.80. The first-order valence-corrected chi connectivity index (χ1v) is 8.10. The number of carbonyl (C=O) groups excluding carboxylic acids is 1. The number of benzene rings is 1. The molecule has 0 unspecified atom stereocenters. The molecule has 0 spiro atoms. The number of hydrogen-bond donors (Lipinski definition) is 2. The molecule has 0 aliphatic heterocycles. The lowest BCUT2D eigenvalue weighted by Crippen LogP contribution is -1.99. The average molecular weight is 329 g/mol. The van der Waals surface area contributed by atoms with Crippen molar-refractivity contribution in [2.75, 3.05) is 0 Å². The summed E-state index contributed by atoms with van der Waals surface area (Å²) in [6.07, 6.45) is 2.40. The van der Waals surface area contributed by atoms with Crippen molar-refractivity contribution in [1.29, 1.82) is 0 Å². The number of ketones is 1. The van der Waals surface area contributed by atoms with Crippen molar-refractivity contribution >= 4 is 34.6 Å². The molecule has 2 aromatic heterocycles. The Kier molecular flexibility index (Phi) is 4.36. The molecular weight excluding hydrogens is 318 g/mol. The highest BCUT2D eigenvalue weighted by Gasteiger charge is 2.13. The van der Waals surface area contributed by atoms with E-state index in [0.29, 0.717) is 5.56 Å². The number of hydrogen-bond acceptors (Lipinski definition) is 6. The molecule has 0 saturated carbocycles. The smallest absolute Gasteiger partial charge is 0.226 e. The fourth-order valence-corrected chi connectivity index (χ4v) is 3.72. The Bertz CT molecular complexity index is 795. The molecule has 22 heavy (non-hydrogen) atoms. The molecule has 0 saturated heterocycles. The standard InChI is InChI=1S/C15H11N3O2S2/c19-12(6-13(20)15-16-9-17-18-15)11-7-21-8-14(11)22-10-4-2-1-3-5-10/h1-9,19H,(H,16,17,18). The zero-order valence-electron chi connectivity index (χ0n) is 11.3. The van der Waals surface area contributed by atoms with Crippen LogP contribution in [0.5, 0.6) is 0 Å². The van der Waals surface area contributed by atoms with Crippen molar-refractivity contribution in [3.63, 3.8) is 0 Å². The van der Waals surface area contributed by atoms with E-state index in [9.17, 15) is 9.90 Å². The van der Waals surface area contributed by atoms with E-state index >= 15 is 0 Å². The molecule has 0 radical (unpaired) electrons. The Morgan fingerprint density at radius 3 is 2.82 bits per heavy atom. The van der Waals surface area contributed by atoms with Crippen LogP contribution in [-0.4, -0.2) is 26.1 Å². The first-order valence-electron chi connectivity index (χ1n) is 6.34. The minimum atomic E-state index is -0.420. The molecule has 3 rings (SSSR count). The summed E-state index contributed by atoms with van der Waals surface area (Å²) < 4.78 is 0. The molecule has 0 aliphatic rings. The molecule has 0 bridgehead atoms. The number of aliphatic hydroxyl groups excluding tert-OH is 1. The number of aliphatic hydroxyl groups is 1. The van der Waals surface area contributed by atoms with E-state index in [2.05, 4.69) is 15.2 Å². The average Bonchev–Trinajstić information content (AvgIpc) is 3.19. The normalized spacial score (nSPS) is 11.5. The lowest BCUT2D eigenvalue weighted by Gasteiger charge is -2.03. The highest BCUT2D eigenvalue weighted by atomic mass is 32.2. The molecule has 0 fully saturated rings. The molecular formula is C15H11N3O2S2. The lowest BCUT2D eigenvalue weighted by atomic mass is 10.2. The van der Waals surface area contributed by atoms with E-state index < -0.39 is 5.78 Å². The van der Waals surface area contributed by atoms with Gasteiger partial charge in [0, 0.05) is 32.2 Å². The second-order valence-corrected chi connectivity index (χ2v) is 6.15. The first-order chi connectivity index (χ1) is 10.7. The molecule has 1 aromatic carbocycles. The molecule has 0 amide bonds. The summed E-state index contributed by atoms with van der Waals surface area (Å²) in [6, 6.07) is 9.85. The SMILES string of the molecule is O=C(C=C(O)c1cscc1Sc1ccccc1)c1ncn[nH]1. The maximum atomic E-state index is 11.9. The maximum absolute atomic E-state index is 11.9. The summed E-state index contributed by atoms with van der Waals surface area (Å²) in [5, 5.41) is 20.0. The second kappa shape index (κ2) is 6.59. The summed E-state index contributed by atoms with van der Waals surface area (Å²) in [4.78, 5) is 17.6. The fraction of sp³-hybridized carbons (Fsp3) is 0. The van der Waals surface area contributed by atoms with E-state index in [1.165, 1.54) is 29.4 Å². The van der Waals surface area contributed by atoms with Crippen LogP contribution in [-0.2, 0) is 0 Å². The molecule has 7 heteroatoms. The molecule has 2 N–H and O–H groups in total. The van der Waals surface area contributed by atoms with Crippen molar-refractivity contribution in [3.8, 4) is 0 Å². The Labute approximate surface area is 134 Å². The zero-order valence-corrected chi connectivity index (χ0v) is 12.9. The summed E-state index contributed by atoms with van der Waals surface area (Å²) in [6.45, 7) is 0. The van der Waals surface area contributed by atoms with Crippen molar-refractivity contribution < 1.29 is 9.90 Å². The van der Waals surface area contributed by atoms with Crippen LogP contribution >= 0.6 is 23.1 Å². The van der Waals surface area contributed by atoms with E-state index in [0.717, 1.165) is 15.9 Å². The van der Waals surface area contributed by atoms with E-state index in [-0.39, 0.29) is 11.6 Å². The highest BCUT2D eigenvalue weighted by Crippen LogP contribution is 2.35. The Hall–Kier alpha value is -2.38. The van der Waals surface area contributed by atoms with Gasteiger partial charge in [-0.3, -0.25) is 9.89 Å². The largest absolute Gasteiger partial charge is 0.507 e. The fourth-order valence-electron chi connectivity index (χ4n) is 1.76. The minimum absolute atomic E-state index is 0.0823. The van der Waals surface area contributed by atoms with Gasteiger partial charge in [0.05, 0.1) is 0 Å². The lowest BCUT2D eigenvalue weighted by molar-refractivity contribution is 0.103. The Morgan fingerprint density at radius 1 is 1.27 bits per heavy atom. The number of H-pyrrole nitrogens is 1. The Balaban J connectivity index is 1.83. The van der Waals surface area contributed by atoms with Crippen LogP contribution in [0, 0.1) is 0 Å². The third-order valence-electron chi connectivity index (χ3n) is 2.79. The van der Waals surface area contributed by atoms with Crippen LogP contribution < -0.4 is 0 Å². The van der Waals surface area contributed by atoms with Gasteiger partial charge >= 0.3 is 0 Å². The third-order valence-corrected chi connectivity index (χ3v) is 4.75. The van der Waals surface area contributed by atoms with Gasteiger partial charge in [0.15, 0.2) is 5.82 Å². The number of aromatic amines is 1. The summed E-state index contributed by atoms with van der Waals surface area (Å²) >= 11 is 3.01. The third kappa shape index (κ3) is 3.26. The number of allylic oxidation sites excluding steroid dienone is 1. The van der Waals surface area contributed by atoms with Crippen LogP contribution in [0.4, 0.5) is 0 Å². The van der Waals surface area contributed by atoms with Crippen LogP contribution in [0.15, 0.2) is 63.3 Å². The topological polar surface area (TPSA) is 78.9 Å². The number of thiophene rings is 1. The molecule has 0 aliphatic carbocycles. The molecule has 5 nitrogen and oxygen atoms in total. The molecule has 0 atom stereocenters.